The molecule has 2 saturated heterocycles. The van der Waals surface area contributed by atoms with Crippen LogP contribution in [0.25, 0.3) is 0 Å². The summed E-state index contributed by atoms with van der Waals surface area (Å²) in [4.78, 5) is 24.9. The molecule has 12 heteroatoms. The third-order valence-corrected chi connectivity index (χ3v) is 6.38. The maximum absolute atomic E-state index is 14.5. The molecule has 1 spiro atoms. The van der Waals surface area contributed by atoms with Crippen LogP contribution in [-0.4, -0.2) is 60.4 Å². The lowest BCUT2D eigenvalue weighted by molar-refractivity contribution is -0.152. The van der Waals surface area contributed by atoms with Gasteiger partial charge in [-0.2, -0.15) is 13.2 Å². The highest BCUT2D eigenvalue weighted by Crippen LogP contribution is 2.46. The van der Waals surface area contributed by atoms with Crippen LogP contribution in [0.1, 0.15) is 19.3 Å². The summed E-state index contributed by atoms with van der Waals surface area (Å²) in [6, 6.07) is 0. The molecule has 2 atom stereocenters. The number of amides is 2. The molecular formula is C19H19F7N2O3. The lowest BCUT2D eigenvalue weighted by Crippen LogP contribution is -2.61. The number of halogens is 7. The van der Waals surface area contributed by atoms with Crippen molar-refractivity contribution in [2.75, 3.05) is 19.7 Å². The highest BCUT2D eigenvalue weighted by atomic mass is 19.4. The summed E-state index contributed by atoms with van der Waals surface area (Å²) in [6.07, 6.45) is -8.40. The van der Waals surface area contributed by atoms with Gasteiger partial charge in [0, 0.05) is 25.4 Å². The van der Waals surface area contributed by atoms with Gasteiger partial charge >= 0.3 is 12.3 Å². The van der Waals surface area contributed by atoms with Gasteiger partial charge in [-0.15, -0.1) is 0 Å². The summed E-state index contributed by atoms with van der Waals surface area (Å²) in [5.41, 5.74) is -2.44. The zero-order valence-corrected chi connectivity index (χ0v) is 16.0. The third-order valence-electron chi connectivity index (χ3n) is 6.38. The second-order valence-corrected chi connectivity index (χ2v) is 8.71. The first kappa shape index (κ1) is 21.9. The van der Waals surface area contributed by atoms with Gasteiger partial charge in [-0.05, 0) is 18.8 Å². The summed E-state index contributed by atoms with van der Waals surface area (Å²) in [7, 11) is 0. The molecule has 2 aliphatic heterocycles. The first-order chi connectivity index (χ1) is 14.3. The lowest BCUT2D eigenvalue weighted by Gasteiger charge is -2.48. The average Bonchev–Trinajstić information content (AvgIpc) is 2.99. The van der Waals surface area contributed by atoms with E-state index in [1.165, 1.54) is 4.90 Å². The zero-order chi connectivity index (χ0) is 22.8. The molecule has 2 unspecified atom stereocenters. The molecule has 172 valence electrons. The highest BCUT2D eigenvalue weighted by molar-refractivity contribution is 5.82. The van der Waals surface area contributed by atoms with Gasteiger partial charge in [0.2, 0.25) is 5.91 Å². The second kappa shape index (κ2) is 7.13. The number of alkyl carbamates (subject to hydrolysis) is 1. The fraction of sp³-hybridized carbons (Fsp3) is 0.684. The number of carbonyl (C=O) groups is 2. The predicted octanol–water partition coefficient (Wildman–Crippen LogP) is 3.67. The number of hydrogen-bond acceptors (Lipinski definition) is 3. The summed E-state index contributed by atoms with van der Waals surface area (Å²) < 4.78 is 99.5. The van der Waals surface area contributed by atoms with E-state index in [2.05, 4.69) is 5.32 Å². The normalized spacial score (nSPS) is 33.8. The van der Waals surface area contributed by atoms with E-state index in [0.29, 0.717) is 18.9 Å². The first-order valence-corrected chi connectivity index (χ1v) is 9.72. The van der Waals surface area contributed by atoms with Crippen LogP contribution >= 0.6 is 0 Å². The number of rotatable bonds is 4. The van der Waals surface area contributed by atoms with Crippen LogP contribution in [-0.2, 0) is 9.53 Å². The Bertz CT molecular complexity index is 842. The van der Waals surface area contributed by atoms with Crippen molar-refractivity contribution >= 4 is 12.0 Å². The van der Waals surface area contributed by atoms with Gasteiger partial charge < -0.3 is 15.0 Å². The maximum Gasteiger partial charge on any atom is 0.418 e. The SMILES string of the molecule is O=C1N[C@]2(CO1)C[C@H](C(=O)N1CC(CC(F)(F)C3C=CC(C(F)(F)F)=C(F)C3F)C1)C2. The van der Waals surface area contributed by atoms with Gasteiger partial charge in [0.25, 0.3) is 5.92 Å². The first-order valence-electron chi connectivity index (χ1n) is 9.72. The number of hydrogen-bond donors (Lipinski definition) is 1. The average molecular weight is 456 g/mol. The van der Waals surface area contributed by atoms with E-state index >= 15 is 0 Å². The standard InChI is InChI=1S/C19H19F7N2O3/c20-13-11(1-2-12(14(13)21)19(24,25)26)18(22,23)3-9-6-28(7-9)15(29)10-4-17(5-10)8-31-16(30)27-17/h1-2,9-11,13H,3-8H2,(H,27,30)/t10-,11?,13?,17+. The fourth-order valence-corrected chi connectivity index (χ4v) is 4.70. The molecule has 3 fully saturated rings. The predicted molar refractivity (Wildman–Crippen MR) is 91.3 cm³/mol. The maximum atomic E-state index is 14.5. The summed E-state index contributed by atoms with van der Waals surface area (Å²) in [5, 5.41) is 2.65. The van der Waals surface area contributed by atoms with Gasteiger partial charge in [0.15, 0.2) is 6.17 Å². The van der Waals surface area contributed by atoms with Crippen LogP contribution in [0.4, 0.5) is 35.5 Å². The van der Waals surface area contributed by atoms with Crippen molar-refractivity contribution in [2.45, 2.75) is 43.1 Å². The molecule has 5 nitrogen and oxygen atoms in total. The Labute approximate surface area is 172 Å². The third kappa shape index (κ3) is 3.89. The largest absolute Gasteiger partial charge is 0.447 e. The summed E-state index contributed by atoms with van der Waals surface area (Å²) >= 11 is 0. The molecular weight excluding hydrogens is 437 g/mol. The highest BCUT2D eigenvalue weighted by Gasteiger charge is 2.55. The molecule has 0 radical (unpaired) electrons. The van der Waals surface area contributed by atoms with Crippen LogP contribution in [0.15, 0.2) is 23.6 Å². The van der Waals surface area contributed by atoms with Crippen LogP contribution in [0.2, 0.25) is 0 Å². The Morgan fingerprint density at radius 2 is 1.87 bits per heavy atom. The molecule has 0 aromatic heterocycles. The zero-order valence-electron chi connectivity index (χ0n) is 16.0. The second-order valence-electron chi connectivity index (χ2n) is 8.71. The van der Waals surface area contributed by atoms with E-state index in [1.807, 2.05) is 0 Å². The van der Waals surface area contributed by atoms with Gasteiger partial charge in [-0.25, -0.2) is 22.4 Å². The Hall–Kier alpha value is -2.27. The number of alkyl halides is 6. The molecule has 1 N–H and O–H groups in total. The summed E-state index contributed by atoms with van der Waals surface area (Å²) in [5.74, 6) is -9.65. The Morgan fingerprint density at radius 3 is 2.42 bits per heavy atom. The topological polar surface area (TPSA) is 58.6 Å². The number of likely N-dealkylation sites (tertiary alicyclic amines) is 1. The number of ether oxygens (including phenoxy) is 1. The van der Waals surface area contributed by atoms with Crippen molar-refractivity contribution in [2.24, 2.45) is 17.8 Å². The van der Waals surface area contributed by atoms with Crippen LogP contribution in [0, 0.1) is 17.8 Å². The van der Waals surface area contributed by atoms with E-state index in [0.717, 1.165) is 0 Å². The van der Waals surface area contributed by atoms with Crippen molar-refractivity contribution in [1.29, 1.82) is 0 Å². The van der Waals surface area contributed by atoms with Crippen LogP contribution in [0.3, 0.4) is 0 Å². The molecule has 2 amide bonds. The van der Waals surface area contributed by atoms with Crippen molar-refractivity contribution < 1.29 is 45.1 Å². The lowest BCUT2D eigenvalue weighted by atomic mass is 9.68. The molecule has 31 heavy (non-hydrogen) atoms. The van der Waals surface area contributed by atoms with Crippen molar-refractivity contribution in [3.05, 3.63) is 23.6 Å². The monoisotopic (exact) mass is 456 g/mol. The molecule has 0 aromatic rings. The molecule has 1 saturated carbocycles. The molecule has 2 heterocycles. The Balaban J connectivity index is 1.28. The molecule has 2 aliphatic carbocycles. The number of cyclic esters (lactones) is 1. The van der Waals surface area contributed by atoms with Crippen molar-refractivity contribution in [3.8, 4) is 0 Å². The number of carbonyl (C=O) groups excluding carboxylic acids is 2. The fourth-order valence-electron chi connectivity index (χ4n) is 4.70. The Kier molecular flexibility index (Phi) is 5.04. The quantitative estimate of drug-likeness (QED) is 0.657. The van der Waals surface area contributed by atoms with Gasteiger partial charge in [0.1, 0.15) is 12.4 Å². The van der Waals surface area contributed by atoms with Crippen LogP contribution < -0.4 is 5.32 Å². The van der Waals surface area contributed by atoms with E-state index in [1.54, 1.807) is 0 Å². The Morgan fingerprint density at radius 1 is 1.23 bits per heavy atom. The van der Waals surface area contributed by atoms with E-state index in [9.17, 15) is 40.3 Å². The van der Waals surface area contributed by atoms with Crippen molar-refractivity contribution in [1.82, 2.24) is 10.2 Å². The summed E-state index contributed by atoms with van der Waals surface area (Å²) in [6.45, 7) is 0.172. The van der Waals surface area contributed by atoms with Gasteiger partial charge in [0.05, 0.1) is 17.0 Å². The number of nitrogens with one attached hydrogen (secondary N) is 1. The van der Waals surface area contributed by atoms with E-state index in [-0.39, 0.29) is 37.6 Å². The minimum absolute atomic E-state index is 0.000289. The minimum Gasteiger partial charge on any atom is -0.447 e. The van der Waals surface area contributed by atoms with E-state index in [4.69, 9.17) is 4.74 Å². The smallest absolute Gasteiger partial charge is 0.418 e. The molecule has 0 bridgehead atoms. The number of allylic oxidation sites excluding steroid dienone is 4. The van der Waals surface area contributed by atoms with Gasteiger partial charge in [-0.3, -0.25) is 4.79 Å². The van der Waals surface area contributed by atoms with Crippen molar-refractivity contribution in [3.63, 3.8) is 0 Å². The molecule has 4 rings (SSSR count). The molecule has 0 aromatic carbocycles. The van der Waals surface area contributed by atoms with E-state index < -0.39 is 59.6 Å². The minimum atomic E-state index is -5.17. The van der Waals surface area contributed by atoms with Gasteiger partial charge in [-0.1, -0.05) is 12.2 Å². The number of nitrogens with zero attached hydrogens (tertiary/aromatic N) is 1. The van der Waals surface area contributed by atoms with Crippen LogP contribution in [0.5, 0.6) is 0 Å². The molecule has 4 aliphatic rings.